The Balaban J connectivity index is 2.22. The van der Waals surface area contributed by atoms with Crippen LogP contribution in [0.2, 0.25) is 0 Å². The van der Waals surface area contributed by atoms with Crippen LogP contribution in [0.25, 0.3) is 0 Å². The Kier molecular flexibility index (Phi) is 5.28. The van der Waals surface area contributed by atoms with E-state index in [0.29, 0.717) is 24.7 Å². The van der Waals surface area contributed by atoms with E-state index < -0.39 is 11.6 Å². The van der Waals surface area contributed by atoms with Crippen LogP contribution in [0, 0.1) is 17.6 Å². The minimum atomic E-state index is -0.771. The Bertz CT molecular complexity index is 405. The van der Waals surface area contributed by atoms with Crippen LogP contribution in [-0.4, -0.2) is 19.8 Å². The quantitative estimate of drug-likeness (QED) is 0.884. The maximum Gasteiger partial charge on any atom is 0.163 e. The van der Waals surface area contributed by atoms with Gasteiger partial charge in [0.1, 0.15) is 0 Å². The molecular weight excluding hydrogens is 248 g/mol. The molecule has 0 radical (unpaired) electrons. The lowest BCUT2D eigenvalue weighted by atomic mass is 9.86. The topological polar surface area (TPSA) is 21.3 Å². The summed E-state index contributed by atoms with van der Waals surface area (Å²) in [6, 6.07) is 4.30. The standard InChI is InChI=1S/C15H21F2NO/c1-2-8-18-15(11-6-9-19-10-7-11)12-4-3-5-13(16)14(12)17/h3-5,11,15,18H,2,6-10H2,1H3. The summed E-state index contributed by atoms with van der Waals surface area (Å²) >= 11 is 0. The molecule has 1 saturated heterocycles. The summed E-state index contributed by atoms with van der Waals surface area (Å²) in [7, 11) is 0. The summed E-state index contributed by atoms with van der Waals surface area (Å²) in [5.41, 5.74) is 0.445. The summed E-state index contributed by atoms with van der Waals surface area (Å²) in [6.45, 7) is 4.27. The maximum atomic E-state index is 14.0. The molecule has 19 heavy (non-hydrogen) atoms. The van der Waals surface area contributed by atoms with Crippen molar-refractivity contribution >= 4 is 0 Å². The first-order valence-corrected chi connectivity index (χ1v) is 6.99. The molecule has 1 aliphatic rings. The van der Waals surface area contributed by atoms with E-state index >= 15 is 0 Å². The molecular formula is C15H21F2NO. The van der Waals surface area contributed by atoms with Crippen LogP contribution in [0.1, 0.15) is 37.8 Å². The zero-order valence-electron chi connectivity index (χ0n) is 11.3. The largest absolute Gasteiger partial charge is 0.381 e. The number of halogens is 2. The fourth-order valence-electron chi connectivity index (χ4n) is 2.64. The van der Waals surface area contributed by atoms with Gasteiger partial charge in [-0.1, -0.05) is 19.1 Å². The minimum absolute atomic E-state index is 0.125. The molecule has 1 aromatic rings. The molecule has 1 heterocycles. The lowest BCUT2D eigenvalue weighted by Crippen LogP contribution is -2.33. The first-order chi connectivity index (χ1) is 9.24. The van der Waals surface area contributed by atoms with Crippen molar-refractivity contribution in [3.05, 3.63) is 35.4 Å². The lowest BCUT2D eigenvalue weighted by Gasteiger charge is -2.31. The van der Waals surface area contributed by atoms with Gasteiger partial charge >= 0.3 is 0 Å². The van der Waals surface area contributed by atoms with Crippen molar-refractivity contribution in [1.82, 2.24) is 5.32 Å². The molecule has 106 valence electrons. The van der Waals surface area contributed by atoms with E-state index in [-0.39, 0.29) is 6.04 Å². The first kappa shape index (κ1) is 14.4. The van der Waals surface area contributed by atoms with Crippen molar-refractivity contribution < 1.29 is 13.5 Å². The number of nitrogens with one attached hydrogen (secondary N) is 1. The van der Waals surface area contributed by atoms with E-state index in [4.69, 9.17) is 4.74 Å². The number of benzene rings is 1. The third kappa shape index (κ3) is 3.51. The predicted octanol–water partition coefficient (Wildman–Crippen LogP) is 3.43. The number of hydrogen-bond donors (Lipinski definition) is 1. The first-order valence-electron chi connectivity index (χ1n) is 6.99. The zero-order chi connectivity index (χ0) is 13.7. The Labute approximate surface area is 113 Å². The van der Waals surface area contributed by atoms with Gasteiger partial charge in [0.2, 0.25) is 0 Å². The summed E-state index contributed by atoms with van der Waals surface area (Å²) < 4.78 is 32.7. The summed E-state index contributed by atoms with van der Waals surface area (Å²) in [5.74, 6) is -1.19. The molecule has 0 saturated carbocycles. The van der Waals surface area contributed by atoms with E-state index in [1.165, 1.54) is 6.07 Å². The molecule has 0 spiro atoms. The molecule has 1 aromatic carbocycles. The van der Waals surface area contributed by atoms with Crippen molar-refractivity contribution in [2.45, 2.75) is 32.2 Å². The van der Waals surface area contributed by atoms with E-state index in [0.717, 1.165) is 25.8 Å². The highest BCUT2D eigenvalue weighted by Crippen LogP contribution is 2.32. The van der Waals surface area contributed by atoms with Gasteiger partial charge in [-0.3, -0.25) is 0 Å². The van der Waals surface area contributed by atoms with Crippen LogP contribution < -0.4 is 5.32 Å². The third-order valence-electron chi connectivity index (χ3n) is 3.67. The van der Waals surface area contributed by atoms with Gasteiger partial charge in [-0.05, 0) is 37.8 Å². The second-order valence-electron chi connectivity index (χ2n) is 5.02. The summed E-state index contributed by atoms with van der Waals surface area (Å²) in [5, 5.41) is 3.36. The van der Waals surface area contributed by atoms with Crippen molar-refractivity contribution in [2.75, 3.05) is 19.8 Å². The molecule has 1 fully saturated rings. The smallest absolute Gasteiger partial charge is 0.163 e. The van der Waals surface area contributed by atoms with Gasteiger partial charge in [-0.25, -0.2) is 8.78 Å². The second kappa shape index (κ2) is 6.96. The van der Waals surface area contributed by atoms with E-state index in [9.17, 15) is 8.78 Å². The molecule has 2 nitrogen and oxygen atoms in total. The molecule has 4 heteroatoms. The van der Waals surface area contributed by atoms with E-state index in [1.54, 1.807) is 12.1 Å². The van der Waals surface area contributed by atoms with Crippen LogP contribution in [0.3, 0.4) is 0 Å². The van der Waals surface area contributed by atoms with Gasteiger partial charge < -0.3 is 10.1 Å². The van der Waals surface area contributed by atoms with E-state index in [1.807, 2.05) is 0 Å². The van der Waals surface area contributed by atoms with Gasteiger partial charge in [0.25, 0.3) is 0 Å². The van der Waals surface area contributed by atoms with Crippen LogP contribution in [0.5, 0.6) is 0 Å². The van der Waals surface area contributed by atoms with Crippen molar-refractivity contribution in [2.24, 2.45) is 5.92 Å². The van der Waals surface area contributed by atoms with Gasteiger partial charge in [-0.2, -0.15) is 0 Å². The van der Waals surface area contributed by atoms with Crippen LogP contribution in [0.15, 0.2) is 18.2 Å². The fourth-order valence-corrected chi connectivity index (χ4v) is 2.64. The van der Waals surface area contributed by atoms with E-state index in [2.05, 4.69) is 12.2 Å². The SMILES string of the molecule is CCCNC(c1cccc(F)c1F)C1CCOCC1. The molecule has 1 unspecified atom stereocenters. The maximum absolute atomic E-state index is 14.0. The average Bonchev–Trinajstić information content (AvgIpc) is 2.45. The number of rotatable bonds is 5. The zero-order valence-corrected chi connectivity index (χ0v) is 11.3. The summed E-state index contributed by atoms with van der Waals surface area (Å²) in [6.07, 6.45) is 2.74. The van der Waals surface area contributed by atoms with Crippen molar-refractivity contribution in [1.29, 1.82) is 0 Å². The molecule has 2 rings (SSSR count). The normalized spacial score (nSPS) is 18.5. The highest BCUT2D eigenvalue weighted by molar-refractivity contribution is 5.23. The van der Waals surface area contributed by atoms with Gasteiger partial charge in [0.15, 0.2) is 11.6 Å². The molecule has 0 amide bonds. The Morgan fingerprint density at radius 3 is 2.74 bits per heavy atom. The van der Waals surface area contributed by atoms with Crippen LogP contribution in [0.4, 0.5) is 8.78 Å². The van der Waals surface area contributed by atoms with Gasteiger partial charge in [0.05, 0.1) is 0 Å². The molecule has 1 atom stereocenters. The predicted molar refractivity (Wildman–Crippen MR) is 70.9 cm³/mol. The monoisotopic (exact) mass is 269 g/mol. The molecule has 0 aliphatic carbocycles. The fraction of sp³-hybridized carbons (Fsp3) is 0.600. The average molecular weight is 269 g/mol. The summed E-state index contributed by atoms with van der Waals surface area (Å²) in [4.78, 5) is 0. The van der Waals surface area contributed by atoms with Crippen molar-refractivity contribution in [3.8, 4) is 0 Å². The Hall–Kier alpha value is -1.00. The number of ether oxygens (including phenoxy) is 1. The molecule has 1 N–H and O–H groups in total. The Morgan fingerprint density at radius 2 is 2.05 bits per heavy atom. The number of hydrogen-bond acceptors (Lipinski definition) is 2. The second-order valence-corrected chi connectivity index (χ2v) is 5.02. The van der Waals surface area contributed by atoms with Crippen LogP contribution >= 0.6 is 0 Å². The van der Waals surface area contributed by atoms with Gasteiger partial charge in [-0.15, -0.1) is 0 Å². The molecule has 0 bridgehead atoms. The van der Waals surface area contributed by atoms with Crippen molar-refractivity contribution in [3.63, 3.8) is 0 Å². The highest BCUT2D eigenvalue weighted by atomic mass is 19.2. The minimum Gasteiger partial charge on any atom is -0.381 e. The highest BCUT2D eigenvalue weighted by Gasteiger charge is 2.27. The van der Waals surface area contributed by atoms with Crippen LogP contribution in [-0.2, 0) is 4.74 Å². The lowest BCUT2D eigenvalue weighted by molar-refractivity contribution is 0.0530. The van der Waals surface area contributed by atoms with Gasteiger partial charge in [0, 0.05) is 24.8 Å². The molecule has 1 aliphatic heterocycles. The molecule has 0 aromatic heterocycles. The third-order valence-corrected chi connectivity index (χ3v) is 3.67. The Morgan fingerprint density at radius 1 is 1.32 bits per heavy atom.